The molecule has 1 atom stereocenters. The van der Waals surface area contributed by atoms with Crippen molar-refractivity contribution in [3.63, 3.8) is 0 Å². The molecule has 0 saturated heterocycles. The SMILES string of the molecule is CCCCCCCOCOc1cnccc1-c1ccccc1OC(=O)CCC(C)CC. The highest BCUT2D eigenvalue weighted by Crippen LogP contribution is 2.36. The lowest BCUT2D eigenvalue weighted by Crippen LogP contribution is -2.10. The Labute approximate surface area is 187 Å². The van der Waals surface area contributed by atoms with Crippen molar-refractivity contribution in [1.29, 1.82) is 0 Å². The normalized spacial score (nSPS) is 11.8. The number of esters is 1. The van der Waals surface area contributed by atoms with E-state index in [-0.39, 0.29) is 12.8 Å². The van der Waals surface area contributed by atoms with E-state index in [1.54, 1.807) is 12.4 Å². The molecule has 0 saturated carbocycles. The highest BCUT2D eigenvalue weighted by Gasteiger charge is 2.15. The second kappa shape index (κ2) is 14.6. The molecule has 2 rings (SSSR count). The number of pyridine rings is 1. The van der Waals surface area contributed by atoms with Crippen LogP contribution in [0.1, 0.15) is 72.1 Å². The van der Waals surface area contributed by atoms with Crippen LogP contribution in [0.4, 0.5) is 0 Å². The number of carbonyl (C=O) groups excluding carboxylic acids is 1. The first-order chi connectivity index (χ1) is 15.2. The number of ether oxygens (including phenoxy) is 3. The lowest BCUT2D eigenvalue weighted by Gasteiger charge is -2.15. The maximum Gasteiger partial charge on any atom is 0.311 e. The summed E-state index contributed by atoms with van der Waals surface area (Å²) in [7, 11) is 0. The van der Waals surface area contributed by atoms with E-state index in [1.165, 1.54) is 25.7 Å². The Morgan fingerprint density at radius 1 is 1.00 bits per heavy atom. The van der Waals surface area contributed by atoms with E-state index in [0.717, 1.165) is 30.4 Å². The molecule has 2 aromatic rings. The van der Waals surface area contributed by atoms with E-state index < -0.39 is 0 Å². The molecule has 0 aliphatic heterocycles. The molecule has 1 unspecified atom stereocenters. The molecule has 0 amide bonds. The summed E-state index contributed by atoms with van der Waals surface area (Å²) in [6.45, 7) is 7.34. The first-order valence-electron chi connectivity index (χ1n) is 11.6. The Bertz CT molecular complexity index is 778. The molecule has 0 N–H and O–H groups in total. The highest BCUT2D eigenvalue weighted by molar-refractivity contribution is 5.80. The Kier molecular flexibility index (Phi) is 11.7. The van der Waals surface area contributed by atoms with E-state index in [4.69, 9.17) is 14.2 Å². The number of carbonyl (C=O) groups is 1. The van der Waals surface area contributed by atoms with Crippen molar-refractivity contribution < 1.29 is 19.0 Å². The fourth-order valence-corrected chi connectivity index (χ4v) is 3.21. The Balaban J connectivity index is 1.96. The van der Waals surface area contributed by atoms with E-state index in [9.17, 15) is 4.79 Å². The van der Waals surface area contributed by atoms with Gasteiger partial charge in [-0.2, -0.15) is 0 Å². The molecular formula is C26H37NO4. The fourth-order valence-electron chi connectivity index (χ4n) is 3.21. The Hall–Kier alpha value is -2.40. The van der Waals surface area contributed by atoms with Gasteiger partial charge in [0.05, 0.1) is 12.8 Å². The number of para-hydroxylation sites is 1. The zero-order valence-electron chi connectivity index (χ0n) is 19.3. The minimum atomic E-state index is -0.212. The summed E-state index contributed by atoms with van der Waals surface area (Å²) in [6, 6.07) is 9.39. The van der Waals surface area contributed by atoms with Gasteiger partial charge in [0.15, 0.2) is 6.79 Å². The summed E-state index contributed by atoms with van der Waals surface area (Å²) in [5.74, 6) is 1.44. The molecule has 0 aliphatic carbocycles. The van der Waals surface area contributed by atoms with Crippen LogP contribution in [0.15, 0.2) is 42.7 Å². The summed E-state index contributed by atoms with van der Waals surface area (Å²) in [4.78, 5) is 16.5. The molecule has 0 radical (unpaired) electrons. The maximum atomic E-state index is 12.4. The monoisotopic (exact) mass is 427 g/mol. The van der Waals surface area contributed by atoms with Gasteiger partial charge in [-0.15, -0.1) is 0 Å². The van der Waals surface area contributed by atoms with E-state index in [0.29, 0.717) is 30.4 Å². The largest absolute Gasteiger partial charge is 0.465 e. The van der Waals surface area contributed by atoms with Crippen molar-refractivity contribution in [1.82, 2.24) is 4.98 Å². The van der Waals surface area contributed by atoms with E-state index in [1.807, 2.05) is 30.3 Å². The second-order valence-electron chi connectivity index (χ2n) is 7.98. The number of rotatable bonds is 15. The second-order valence-corrected chi connectivity index (χ2v) is 7.98. The molecule has 5 heteroatoms. The molecule has 1 aromatic carbocycles. The molecule has 1 heterocycles. The molecule has 0 spiro atoms. The molecule has 5 nitrogen and oxygen atoms in total. The zero-order chi connectivity index (χ0) is 22.3. The van der Waals surface area contributed by atoms with Crippen molar-refractivity contribution >= 4 is 5.97 Å². The predicted molar refractivity (Wildman–Crippen MR) is 124 cm³/mol. The van der Waals surface area contributed by atoms with Crippen molar-refractivity contribution in [3.05, 3.63) is 42.7 Å². The topological polar surface area (TPSA) is 57.6 Å². The van der Waals surface area contributed by atoms with Gasteiger partial charge in [-0.05, 0) is 30.9 Å². The number of hydrogen-bond acceptors (Lipinski definition) is 5. The van der Waals surface area contributed by atoms with Crippen LogP contribution in [0.5, 0.6) is 11.5 Å². The summed E-state index contributed by atoms with van der Waals surface area (Å²) >= 11 is 0. The van der Waals surface area contributed by atoms with Gasteiger partial charge in [-0.25, -0.2) is 0 Å². The molecule has 1 aromatic heterocycles. The van der Waals surface area contributed by atoms with Crippen LogP contribution in [0.3, 0.4) is 0 Å². The highest BCUT2D eigenvalue weighted by atomic mass is 16.7. The van der Waals surface area contributed by atoms with Gasteiger partial charge >= 0.3 is 5.97 Å². The van der Waals surface area contributed by atoms with Crippen LogP contribution in [0, 0.1) is 5.92 Å². The number of aromatic nitrogens is 1. The van der Waals surface area contributed by atoms with Crippen LogP contribution in [0.2, 0.25) is 0 Å². The molecule has 0 fully saturated rings. The van der Waals surface area contributed by atoms with Gasteiger partial charge in [0.1, 0.15) is 11.5 Å². The quantitative estimate of drug-likeness (QED) is 0.135. The summed E-state index contributed by atoms with van der Waals surface area (Å²) < 4.78 is 17.2. The van der Waals surface area contributed by atoms with Gasteiger partial charge in [0.25, 0.3) is 0 Å². The number of nitrogens with zero attached hydrogens (tertiary/aromatic N) is 1. The summed E-state index contributed by atoms with van der Waals surface area (Å²) in [5.41, 5.74) is 1.63. The number of benzene rings is 1. The van der Waals surface area contributed by atoms with Gasteiger partial charge in [-0.1, -0.05) is 71.1 Å². The van der Waals surface area contributed by atoms with Crippen LogP contribution in [-0.4, -0.2) is 24.4 Å². The maximum absolute atomic E-state index is 12.4. The predicted octanol–water partition coefficient (Wildman–Crippen LogP) is 6.80. The Morgan fingerprint density at radius 3 is 2.58 bits per heavy atom. The first-order valence-corrected chi connectivity index (χ1v) is 11.6. The first kappa shape index (κ1) is 24.9. The lowest BCUT2D eigenvalue weighted by molar-refractivity contribution is -0.134. The molecule has 170 valence electrons. The van der Waals surface area contributed by atoms with Gasteiger partial charge in [0.2, 0.25) is 0 Å². The molecule has 0 bridgehead atoms. The molecular weight excluding hydrogens is 390 g/mol. The van der Waals surface area contributed by atoms with Crippen molar-refractivity contribution in [2.75, 3.05) is 13.4 Å². The van der Waals surface area contributed by atoms with Crippen LogP contribution in [-0.2, 0) is 9.53 Å². The lowest BCUT2D eigenvalue weighted by atomic mass is 10.0. The smallest absolute Gasteiger partial charge is 0.311 e. The van der Waals surface area contributed by atoms with Crippen molar-refractivity contribution in [2.24, 2.45) is 5.92 Å². The minimum absolute atomic E-state index is 0.170. The van der Waals surface area contributed by atoms with Gasteiger partial charge in [-0.3, -0.25) is 9.78 Å². The molecule has 31 heavy (non-hydrogen) atoms. The third kappa shape index (κ3) is 9.09. The third-order valence-corrected chi connectivity index (χ3v) is 5.41. The third-order valence-electron chi connectivity index (χ3n) is 5.41. The van der Waals surface area contributed by atoms with Crippen molar-refractivity contribution in [3.8, 4) is 22.6 Å². The summed E-state index contributed by atoms with van der Waals surface area (Å²) in [6.07, 6.45) is 11.7. The van der Waals surface area contributed by atoms with Crippen LogP contribution < -0.4 is 9.47 Å². The van der Waals surface area contributed by atoms with E-state index >= 15 is 0 Å². The average molecular weight is 428 g/mol. The fraction of sp³-hybridized carbons (Fsp3) is 0.538. The van der Waals surface area contributed by atoms with E-state index in [2.05, 4.69) is 25.8 Å². The van der Waals surface area contributed by atoms with Gasteiger partial charge < -0.3 is 14.2 Å². The van der Waals surface area contributed by atoms with Gasteiger partial charge in [0, 0.05) is 23.7 Å². The summed E-state index contributed by atoms with van der Waals surface area (Å²) in [5, 5.41) is 0. The van der Waals surface area contributed by atoms with Crippen LogP contribution in [0.25, 0.3) is 11.1 Å². The van der Waals surface area contributed by atoms with Crippen LogP contribution >= 0.6 is 0 Å². The Morgan fingerprint density at radius 2 is 1.77 bits per heavy atom. The zero-order valence-corrected chi connectivity index (χ0v) is 19.3. The minimum Gasteiger partial charge on any atom is -0.465 e. The van der Waals surface area contributed by atoms with Crippen molar-refractivity contribution in [2.45, 2.75) is 72.1 Å². The molecule has 0 aliphatic rings. The number of hydrogen-bond donors (Lipinski definition) is 0. The number of unbranched alkanes of at least 4 members (excludes halogenated alkanes) is 4. The standard InChI is InChI=1S/C26H37NO4/c1-4-6-7-8-11-18-29-20-30-25-19-27-17-16-23(25)22-12-9-10-13-24(22)31-26(28)15-14-21(3)5-2/h9-10,12-13,16-17,19,21H,4-8,11,14-15,18,20H2,1-3H3. The average Bonchev–Trinajstić information content (AvgIpc) is 2.80.